The summed E-state index contributed by atoms with van der Waals surface area (Å²) >= 11 is 0. The number of nitrogens with one attached hydrogen (secondary N) is 1. The van der Waals surface area contributed by atoms with Crippen molar-refractivity contribution in [1.82, 2.24) is 4.90 Å². The van der Waals surface area contributed by atoms with Gasteiger partial charge in [0.25, 0.3) is 0 Å². The van der Waals surface area contributed by atoms with Crippen molar-refractivity contribution < 1.29 is 0 Å². The molecule has 2 heteroatoms. The third-order valence-corrected chi connectivity index (χ3v) is 5.11. The van der Waals surface area contributed by atoms with Crippen molar-refractivity contribution in [2.24, 2.45) is 5.92 Å². The van der Waals surface area contributed by atoms with Gasteiger partial charge in [-0.15, -0.1) is 0 Å². The fraction of sp³-hybridized carbons (Fsp3) is 0.455. The number of hydrogen-bond acceptors (Lipinski definition) is 2. The minimum atomic E-state index is 0.870. The van der Waals surface area contributed by atoms with Gasteiger partial charge in [0.15, 0.2) is 0 Å². The lowest BCUT2D eigenvalue weighted by Crippen LogP contribution is -2.35. The summed E-state index contributed by atoms with van der Waals surface area (Å²) in [6.07, 6.45) is 5.17. The average molecular weight is 322 g/mol. The maximum Gasteiger partial charge on any atom is 0.0340 e. The molecule has 0 bridgehead atoms. The third-order valence-electron chi connectivity index (χ3n) is 5.11. The quantitative estimate of drug-likeness (QED) is 0.740. The van der Waals surface area contributed by atoms with Crippen LogP contribution in [0.25, 0.3) is 0 Å². The van der Waals surface area contributed by atoms with Crippen LogP contribution in [0.2, 0.25) is 0 Å². The summed E-state index contributed by atoms with van der Waals surface area (Å²) in [6.45, 7) is 6.94. The van der Waals surface area contributed by atoms with Crippen molar-refractivity contribution in [3.63, 3.8) is 0 Å². The second kappa shape index (κ2) is 8.89. The summed E-state index contributed by atoms with van der Waals surface area (Å²) in [5.74, 6) is 0.870. The van der Waals surface area contributed by atoms with E-state index in [0.717, 1.165) is 12.5 Å². The Morgan fingerprint density at radius 3 is 2.38 bits per heavy atom. The Balaban J connectivity index is 1.30. The van der Waals surface area contributed by atoms with Gasteiger partial charge in [0.05, 0.1) is 0 Å². The molecule has 0 unspecified atom stereocenters. The SMILES string of the molecule is Cc1ccc(NCCCN2CCC(Cc3ccccc3)CC2)cc1. The van der Waals surface area contributed by atoms with Crippen molar-refractivity contribution in [3.8, 4) is 0 Å². The Morgan fingerprint density at radius 1 is 0.958 bits per heavy atom. The van der Waals surface area contributed by atoms with Crippen LogP contribution in [0.5, 0.6) is 0 Å². The van der Waals surface area contributed by atoms with Gasteiger partial charge in [-0.2, -0.15) is 0 Å². The summed E-state index contributed by atoms with van der Waals surface area (Å²) in [5, 5.41) is 3.53. The maximum atomic E-state index is 3.53. The van der Waals surface area contributed by atoms with Crippen molar-refractivity contribution in [2.45, 2.75) is 32.6 Å². The molecule has 0 radical (unpaired) electrons. The first-order valence-electron chi connectivity index (χ1n) is 9.36. The second-order valence-corrected chi connectivity index (χ2v) is 7.12. The van der Waals surface area contributed by atoms with E-state index in [1.807, 2.05) is 0 Å². The fourth-order valence-electron chi connectivity index (χ4n) is 3.57. The Morgan fingerprint density at radius 2 is 1.67 bits per heavy atom. The normalized spacial score (nSPS) is 16.2. The van der Waals surface area contributed by atoms with Crippen LogP contribution in [-0.2, 0) is 6.42 Å². The van der Waals surface area contributed by atoms with Crippen LogP contribution in [-0.4, -0.2) is 31.1 Å². The zero-order chi connectivity index (χ0) is 16.6. The van der Waals surface area contributed by atoms with Gasteiger partial charge < -0.3 is 10.2 Å². The highest BCUT2D eigenvalue weighted by Crippen LogP contribution is 2.21. The molecule has 0 spiro atoms. The lowest BCUT2D eigenvalue weighted by atomic mass is 9.90. The van der Waals surface area contributed by atoms with Crippen LogP contribution in [0.4, 0.5) is 5.69 Å². The lowest BCUT2D eigenvalue weighted by Gasteiger charge is -2.32. The van der Waals surface area contributed by atoms with E-state index >= 15 is 0 Å². The largest absolute Gasteiger partial charge is 0.385 e. The van der Waals surface area contributed by atoms with Gasteiger partial charge in [-0.3, -0.25) is 0 Å². The molecule has 0 aromatic heterocycles. The Kier molecular flexibility index (Phi) is 6.31. The zero-order valence-electron chi connectivity index (χ0n) is 14.9. The van der Waals surface area contributed by atoms with Crippen molar-refractivity contribution in [2.75, 3.05) is 31.5 Å². The van der Waals surface area contributed by atoms with Gasteiger partial charge in [-0.1, -0.05) is 48.0 Å². The molecule has 1 aliphatic heterocycles. The van der Waals surface area contributed by atoms with Crippen LogP contribution in [0.15, 0.2) is 54.6 Å². The smallest absolute Gasteiger partial charge is 0.0340 e. The highest BCUT2D eigenvalue weighted by Gasteiger charge is 2.18. The van der Waals surface area contributed by atoms with E-state index in [-0.39, 0.29) is 0 Å². The number of rotatable bonds is 7. The Hall–Kier alpha value is -1.80. The first-order chi connectivity index (χ1) is 11.8. The number of hydrogen-bond donors (Lipinski definition) is 1. The van der Waals surface area contributed by atoms with Gasteiger partial charge in [0.1, 0.15) is 0 Å². The third kappa shape index (κ3) is 5.38. The average Bonchev–Trinajstić information content (AvgIpc) is 2.62. The number of benzene rings is 2. The standard InChI is InChI=1S/C22H30N2/c1-19-8-10-22(11-9-19)23-14-5-15-24-16-12-21(13-17-24)18-20-6-3-2-4-7-20/h2-4,6-11,21,23H,5,12-18H2,1H3. The van der Waals surface area contributed by atoms with E-state index in [4.69, 9.17) is 0 Å². The molecule has 0 aliphatic carbocycles. The zero-order valence-corrected chi connectivity index (χ0v) is 14.9. The van der Waals surface area contributed by atoms with Gasteiger partial charge in [-0.05, 0) is 75.9 Å². The van der Waals surface area contributed by atoms with Gasteiger partial charge in [0, 0.05) is 12.2 Å². The van der Waals surface area contributed by atoms with Crippen LogP contribution in [0.1, 0.15) is 30.4 Å². The molecule has 1 N–H and O–H groups in total. The second-order valence-electron chi connectivity index (χ2n) is 7.12. The lowest BCUT2D eigenvalue weighted by molar-refractivity contribution is 0.183. The predicted molar refractivity (Wildman–Crippen MR) is 104 cm³/mol. The summed E-state index contributed by atoms with van der Waals surface area (Å²) in [7, 11) is 0. The Bertz CT molecular complexity index is 583. The fourth-order valence-corrected chi connectivity index (χ4v) is 3.57. The molecular weight excluding hydrogens is 292 g/mol. The topological polar surface area (TPSA) is 15.3 Å². The molecule has 3 rings (SSSR count). The molecule has 0 atom stereocenters. The first-order valence-corrected chi connectivity index (χ1v) is 9.36. The molecule has 1 saturated heterocycles. The molecule has 24 heavy (non-hydrogen) atoms. The summed E-state index contributed by atoms with van der Waals surface area (Å²) < 4.78 is 0. The molecule has 128 valence electrons. The van der Waals surface area contributed by atoms with Crippen molar-refractivity contribution >= 4 is 5.69 Å². The van der Waals surface area contributed by atoms with E-state index in [1.54, 1.807) is 0 Å². The van der Waals surface area contributed by atoms with Crippen LogP contribution in [0, 0.1) is 12.8 Å². The molecule has 2 aromatic rings. The molecular formula is C22H30N2. The molecule has 1 heterocycles. The maximum absolute atomic E-state index is 3.53. The van der Waals surface area contributed by atoms with E-state index < -0.39 is 0 Å². The summed E-state index contributed by atoms with van der Waals surface area (Å²) in [4.78, 5) is 2.64. The predicted octanol–water partition coefficient (Wildman–Crippen LogP) is 4.75. The number of likely N-dealkylation sites (tertiary alicyclic amines) is 1. The van der Waals surface area contributed by atoms with E-state index in [0.29, 0.717) is 0 Å². The minimum Gasteiger partial charge on any atom is -0.385 e. The van der Waals surface area contributed by atoms with E-state index in [9.17, 15) is 0 Å². The number of aryl methyl sites for hydroxylation is 1. The molecule has 1 fully saturated rings. The van der Waals surface area contributed by atoms with E-state index in [2.05, 4.69) is 71.7 Å². The summed E-state index contributed by atoms with van der Waals surface area (Å²) in [5.41, 5.74) is 4.05. The molecule has 2 nitrogen and oxygen atoms in total. The number of nitrogens with zero attached hydrogens (tertiary/aromatic N) is 1. The van der Waals surface area contributed by atoms with Crippen LogP contribution >= 0.6 is 0 Å². The summed E-state index contributed by atoms with van der Waals surface area (Å²) in [6, 6.07) is 19.6. The van der Waals surface area contributed by atoms with Gasteiger partial charge in [-0.25, -0.2) is 0 Å². The molecule has 0 amide bonds. The molecule has 0 saturated carbocycles. The van der Waals surface area contributed by atoms with Crippen LogP contribution in [0.3, 0.4) is 0 Å². The minimum absolute atomic E-state index is 0.870. The van der Waals surface area contributed by atoms with Crippen molar-refractivity contribution in [1.29, 1.82) is 0 Å². The first kappa shape index (κ1) is 17.0. The van der Waals surface area contributed by atoms with Crippen molar-refractivity contribution in [3.05, 3.63) is 65.7 Å². The monoisotopic (exact) mass is 322 g/mol. The Labute approximate surface area is 146 Å². The molecule has 2 aromatic carbocycles. The van der Waals surface area contributed by atoms with E-state index in [1.165, 1.54) is 62.1 Å². The molecule has 1 aliphatic rings. The highest BCUT2D eigenvalue weighted by molar-refractivity contribution is 5.44. The van der Waals surface area contributed by atoms with Crippen LogP contribution < -0.4 is 5.32 Å². The number of piperidine rings is 1. The van der Waals surface area contributed by atoms with Gasteiger partial charge >= 0.3 is 0 Å². The van der Waals surface area contributed by atoms with Gasteiger partial charge in [0.2, 0.25) is 0 Å². The number of anilines is 1. The highest BCUT2D eigenvalue weighted by atomic mass is 15.1.